The van der Waals surface area contributed by atoms with Crippen LogP contribution in [0.2, 0.25) is 5.02 Å². The van der Waals surface area contributed by atoms with E-state index in [2.05, 4.69) is 5.32 Å². The van der Waals surface area contributed by atoms with Crippen LogP contribution in [-0.2, 0) is 13.6 Å². The zero-order valence-electron chi connectivity index (χ0n) is 12.0. The maximum Gasteiger partial charge on any atom is 0.178 e. The molecule has 0 atom stereocenters. The van der Waals surface area contributed by atoms with Crippen molar-refractivity contribution in [2.45, 2.75) is 20.4 Å². The molecule has 2 rings (SSSR count). The van der Waals surface area contributed by atoms with E-state index in [1.807, 2.05) is 55.8 Å². The quantitative estimate of drug-likeness (QED) is 0.858. The lowest BCUT2D eigenvalue weighted by Crippen LogP contribution is -2.23. The summed E-state index contributed by atoms with van der Waals surface area (Å²) in [5.41, 5.74) is 3.89. The van der Waals surface area contributed by atoms with Gasteiger partial charge in [-0.15, -0.1) is 0 Å². The highest BCUT2D eigenvalue weighted by Crippen LogP contribution is 2.15. The molecule has 0 spiro atoms. The fraction of sp³-hybridized carbons (Fsp3) is 0.312. The fourth-order valence-electron chi connectivity index (χ4n) is 2.19. The maximum atomic E-state index is 12.2. The lowest BCUT2D eigenvalue weighted by Gasteiger charge is -2.06. The fourth-order valence-corrected chi connectivity index (χ4v) is 2.39. The molecule has 1 heterocycles. The van der Waals surface area contributed by atoms with Crippen LogP contribution in [0.4, 0.5) is 0 Å². The van der Waals surface area contributed by atoms with E-state index in [1.165, 1.54) is 0 Å². The van der Waals surface area contributed by atoms with Crippen molar-refractivity contribution in [1.82, 2.24) is 9.88 Å². The number of nitrogens with zero attached hydrogens (tertiary/aromatic N) is 1. The zero-order valence-corrected chi connectivity index (χ0v) is 12.8. The van der Waals surface area contributed by atoms with Crippen molar-refractivity contribution in [3.05, 3.63) is 57.9 Å². The van der Waals surface area contributed by atoms with Crippen LogP contribution < -0.4 is 5.32 Å². The Hall–Kier alpha value is -1.58. The molecule has 0 aliphatic carbocycles. The summed E-state index contributed by atoms with van der Waals surface area (Å²) in [5, 5.41) is 3.87. The SMILES string of the molecule is Cc1cc(C(=O)CNCc2ccccc2Cl)c(C)n1C. The van der Waals surface area contributed by atoms with Gasteiger partial charge in [-0.1, -0.05) is 29.8 Å². The number of hydrogen-bond acceptors (Lipinski definition) is 2. The van der Waals surface area contributed by atoms with Gasteiger partial charge in [-0.3, -0.25) is 4.79 Å². The van der Waals surface area contributed by atoms with E-state index in [-0.39, 0.29) is 5.78 Å². The second-order valence-electron chi connectivity index (χ2n) is 4.96. The molecule has 20 heavy (non-hydrogen) atoms. The summed E-state index contributed by atoms with van der Waals surface area (Å²) in [6.07, 6.45) is 0. The van der Waals surface area contributed by atoms with Crippen molar-refractivity contribution >= 4 is 17.4 Å². The second kappa shape index (κ2) is 6.25. The first-order valence-electron chi connectivity index (χ1n) is 6.61. The van der Waals surface area contributed by atoms with Crippen LogP contribution >= 0.6 is 11.6 Å². The number of halogens is 1. The number of carbonyl (C=O) groups excluding carboxylic acids is 1. The third kappa shape index (κ3) is 3.11. The molecule has 4 heteroatoms. The predicted molar refractivity (Wildman–Crippen MR) is 82.4 cm³/mol. The van der Waals surface area contributed by atoms with Crippen LogP contribution in [0.3, 0.4) is 0 Å². The molecule has 0 saturated heterocycles. The summed E-state index contributed by atoms with van der Waals surface area (Å²) in [4.78, 5) is 12.2. The van der Waals surface area contributed by atoms with Crippen molar-refractivity contribution < 1.29 is 4.79 Å². The van der Waals surface area contributed by atoms with E-state index in [9.17, 15) is 4.79 Å². The first-order chi connectivity index (χ1) is 9.50. The first kappa shape index (κ1) is 14.8. The molecule has 0 aliphatic rings. The topological polar surface area (TPSA) is 34.0 Å². The van der Waals surface area contributed by atoms with Gasteiger partial charge in [0.1, 0.15) is 0 Å². The van der Waals surface area contributed by atoms with Crippen LogP contribution in [0, 0.1) is 13.8 Å². The Morgan fingerprint density at radius 3 is 2.60 bits per heavy atom. The van der Waals surface area contributed by atoms with E-state index < -0.39 is 0 Å². The summed E-state index contributed by atoms with van der Waals surface area (Å²) in [7, 11) is 1.97. The molecule has 1 N–H and O–H groups in total. The van der Waals surface area contributed by atoms with Crippen LogP contribution in [0.5, 0.6) is 0 Å². The highest BCUT2D eigenvalue weighted by atomic mass is 35.5. The minimum Gasteiger partial charge on any atom is -0.351 e. The molecule has 0 unspecified atom stereocenters. The van der Waals surface area contributed by atoms with Gasteiger partial charge in [0.15, 0.2) is 5.78 Å². The van der Waals surface area contributed by atoms with Crippen molar-refractivity contribution in [3.8, 4) is 0 Å². The Kier molecular flexibility index (Phi) is 4.63. The molecule has 0 saturated carbocycles. The van der Waals surface area contributed by atoms with Crippen LogP contribution in [0.1, 0.15) is 27.3 Å². The molecule has 2 aromatic rings. The Labute approximate surface area is 124 Å². The van der Waals surface area contributed by atoms with Gasteiger partial charge in [-0.25, -0.2) is 0 Å². The van der Waals surface area contributed by atoms with Gasteiger partial charge < -0.3 is 9.88 Å². The standard InChI is InChI=1S/C16H19ClN2O/c1-11-8-14(12(2)19(11)3)16(20)10-18-9-13-6-4-5-7-15(13)17/h4-8,18H,9-10H2,1-3H3. The minimum absolute atomic E-state index is 0.109. The summed E-state index contributed by atoms with van der Waals surface area (Å²) in [6.45, 7) is 4.88. The minimum atomic E-state index is 0.109. The van der Waals surface area contributed by atoms with Gasteiger partial charge in [0, 0.05) is 35.6 Å². The van der Waals surface area contributed by atoms with Gasteiger partial charge in [0.05, 0.1) is 6.54 Å². The van der Waals surface area contributed by atoms with Crippen LogP contribution in [-0.4, -0.2) is 16.9 Å². The monoisotopic (exact) mass is 290 g/mol. The molecular weight excluding hydrogens is 272 g/mol. The Bertz CT molecular complexity index is 631. The molecule has 0 fully saturated rings. The van der Waals surface area contributed by atoms with E-state index >= 15 is 0 Å². The number of carbonyl (C=O) groups is 1. The van der Waals surface area contributed by atoms with Gasteiger partial charge in [0.25, 0.3) is 0 Å². The van der Waals surface area contributed by atoms with Crippen molar-refractivity contribution in [1.29, 1.82) is 0 Å². The lowest BCUT2D eigenvalue weighted by atomic mass is 10.1. The number of benzene rings is 1. The Balaban J connectivity index is 1.96. The molecule has 1 aromatic carbocycles. The normalized spacial score (nSPS) is 10.8. The third-order valence-corrected chi connectivity index (χ3v) is 4.00. The average molecular weight is 291 g/mol. The van der Waals surface area contributed by atoms with E-state index in [0.29, 0.717) is 13.1 Å². The number of Topliss-reactive ketones (excluding diaryl/α,β-unsaturated/α-hetero) is 1. The largest absolute Gasteiger partial charge is 0.351 e. The zero-order chi connectivity index (χ0) is 14.7. The molecule has 0 bridgehead atoms. The number of aryl methyl sites for hydroxylation is 1. The molecular formula is C16H19ClN2O. The molecule has 0 aliphatic heterocycles. The van der Waals surface area contributed by atoms with Gasteiger partial charge in [-0.05, 0) is 31.5 Å². The highest BCUT2D eigenvalue weighted by molar-refractivity contribution is 6.31. The van der Waals surface area contributed by atoms with Crippen LogP contribution in [0.15, 0.2) is 30.3 Å². The summed E-state index contributed by atoms with van der Waals surface area (Å²) >= 11 is 6.08. The molecule has 0 amide bonds. The number of hydrogen-bond donors (Lipinski definition) is 1. The van der Waals surface area contributed by atoms with E-state index in [1.54, 1.807) is 0 Å². The molecule has 1 aromatic heterocycles. The van der Waals surface area contributed by atoms with E-state index in [0.717, 1.165) is 27.5 Å². The molecule has 0 radical (unpaired) electrons. The predicted octanol–water partition coefficient (Wildman–Crippen LogP) is 3.27. The van der Waals surface area contributed by atoms with Gasteiger partial charge >= 0.3 is 0 Å². The van der Waals surface area contributed by atoms with E-state index in [4.69, 9.17) is 11.6 Å². The second-order valence-corrected chi connectivity index (χ2v) is 5.37. The molecule has 106 valence electrons. The summed E-state index contributed by atoms with van der Waals surface area (Å²) in [5.74, 6) is 0.109. The lowest BCUT2D eigenvalue weighted by molar-refractivity contribution is 0.0990. The molecule has 3 nitrogen and oxygen atoms in total. The number of ketones is 1. The Morgan fingerprint density at radius 2 is 2.00 bits per heavy atom. The first-order valence-corrected chi connectivity index (χ1v) is 6.98. The van der Waals surface area contributed by atoms with Crippen molar-refractivity contribution in [2.24, 2.45) is 7.05 Å². The number of nitrogens with one attached hydrogen (secondary N) is 1. The van der Waals surface area contributed by atoms with Crippen LogP contribution in [0.25, 0.3) is 0 Å². The summed E-state index contributed by atoms with van der Waals surface area (Å²) in [6, 6.07) is 9.58. The maximum absolute atomic E-state index is 12.2. The highest BCUT2D eigenvalue weighted by Gasteiger charge is 2.13. The third-order valence-electron chi connectivity index (χ3n) is 3.63. The average Bonchev–Trinajstić information content (AvgIpc) is 2.68. The van der Waals surface area contributed by atoms with Gasteiger partial charge in [0.2, 0.25) is 0 Å². The smallest absolute Gasteiger partial charge is 0.178 e. The summed E-state index contributed by atoms with van der Waals surface area (Å²) < 4.78 is 2.03. The van der Waals surface area contributed by atoms with Gasteiger partial charge in [-0.2, -0.15) is 0 Å². The number of rotatable bonds is 5. The number of aromatic nitrogens is 1. The Morgan fingerprint density at radius 1 is 1.30 bits per heavy atom. The van der Waals surface area contributed by atoms with Crippen molar-refractivity contribution in [3.63, 3.8) is 0 Å². The van der Waals surface area contributed by atoms with Crippen molar-refractivity contribution in [2.75, 3.05) is 6.54 Å².